The highest BCUT2D eigenvalue weighted by Crippen LogP contribution is 1.78. The summed E-state index contributed by atoms with van der Waals surface area (Å²) in [7, 11) is 1.64. The van der Waals surface area contributed by atoms with Crippen molar-refractivity contribution in [1.29, 1.82) is 0 Å². The Bertz CT molecular complexity index is 284. The molecule has 0 bridgehead atoms. The van der Waals surface area contributed by atoms with Gasteiger partial charge in [0, 0.05) is 19.4 Å². The van der Waals surface area contributed by atoms with Crippen LogP contribution in [0.1, 0.15) is 0 Å². The van der Waals surface area contributed by atoms with Crippen molar-refractivity contribution in [2.24, 2.45) is 7.05 Å². The van der Waals surface area contributed by atoms with Gasteiger partial charge in [-0.3, -0.25) is 4.57 Å². The highest BCUT2D eigenvalue weighted by Gasteiger charge is 1.95. The zero-order chi connectivity index (χ0) is 7.56. The Morgan fingerprint density at radius 1 is 1.60 bits per heavy atom. The fraction of sp³-hybridized carbons (Fsp3) is 0.333. The molecule has 0 aromatic carbocycles. The van der Waals surface area contributed by atoms with E-state index in [1.807, 2.05) is 0 Å². The minimum atomic E-state index is -0.160. The molecule has 4 heteroatoms. The summed E-state index contributed by atoms with van der Waals surface area (Å²) in [5, 5.41) is 0. The average Bonchev–Trinajstić information content (AvgIpc) is 2.20. The van der Waals surface area contributed by atoms with Crippen molar-refractivity contribution in [3.63, 3.8) is 0 Å². The molecular formula is C6H8N2O2. The van der Waals surface area contributed by atoms with Crippen LogP contribution in [0, 0.1) is 0 Å². The summed E-state index contributed by atoms with van der Waals surface area (Å²) >= 11 is 0. The lowest BCUT2D eigenvalue weighted by atomic mass is 10.7. The van der Waals surface area contributed by atoms with Crippen molar-refractivity contribution in [2.45, 2.75) is 6.54 Å². The van der Waals surface area contributed by atoms with Gasteiger partial charge in [0.2, 0.25) is 0 Å². The van der Waals surface area contributed by atoms with Gasteiger partial charge in [0.15, 0.2) is 0 Å². The summed E-state index contributed by atoms with van der Waals surface area (Å²) in [6.45, 7) is 0.139. The minimum Gasteiger partial charge on any atom is -0.302 e. The molecule has 0 radical (unpaired) electrons. The summed E-state index contributed by atoms with van der Waals surface area (Å²) in [5.74, 6) is 0. The molecule has 1 aromatic heterocycles. The number of aromatic nitrogens is 2. The molecule has 4 nitrogen and oxygen atoms in total. The summed E-state index contributed by atoms with van der Waals surface area (Å²) in [6.07, 6.45) is 3.89. The predicted molar refractivity (Wildman–Crippen MR) is 35.7 cm³/mol. The van der Waals surface area contributed by atoms with Crippen molar-refractivity contribution < 1.29 is 4.79 Å². The second-order valence-electron chi connectivity index (χ2n) is 2.01. The van der Waals surface area contributed by atoms with E-state index in [-0.39, 0.29) is 12.2 Å². The van der Waals surface area contributed by atoms with Crippen LogP contribution in [0.5, 0.6) is 0 Å². The first kappa shape index (κ1) is 6.80. The summed E-state index contributed by atoms with van der Waals surface area (Å²) in [4.78, 5) is 20.9. The first-order valence-corrected chi connectivity index (χ1v) is 2.91. The van der Waals surface area contributed by atoms with Gasteiger partial charge in [-0.2, -0.15) is 0 Å². The largest absolute Gasteiger partial charge is 0.328 e. The molecule has 0 fully saturated rings. The molecule has 1 aromatic rings. The topological polar surface area (TPSA) is 44.0 Å². The third kappa shape index (κ3) is 1.00. The molecule has 54 valence electrons. The van der Waals surface area contributed by atoms with Gasteiger partial charge in [-0.25, -0.2) is 4.79 Å². The second-order valence-corrected chi connectivity index (χ2v) is 2.01. The number of hydrogen-bond donors (Lipinski definition) is 0. The predicted octanol–water partition coefficient (Wildman–Crippen LogP) is -0.614. The van der Waals surface area contributed by atoms with Crippen molar-refractivity contribution in [3.8, 4) is 0 Å². The van der Waals surface area contributed by atoms with Crippen LogP contribution in [0.2, 0.25) is 0 Å². The molecule has 1 rings (SSSR count). The maximum atomic E-state index is 10.9. The Balaban J connectivity index is 3.05. The van der Waals surface area contributed by atoms with Crippen LogP contribution in [0.25, 0.3) is 0 Å². The van der Waals surface area contributed by atoms with Gasteiger partial charge in [0.25, 0.3) is 0 Å². The SMILES string of the molecule is Cn1ccn(CC=O)c1=O. The number of hydrogen-bond acceptors (Lipinski definition) is 2. The summed E-state index contributed by atoms with van der Waals surface area (Å²) in [5.41, 5.74) is -0.160. The van der Waals surface area contributed by atoms with Crippen molar-refractivity contribution in [3.05, 3.63) is 22.9 Å². The van der Waals surface area contributed by atoms with Crippen LogP contribution in [0.3, 0.4) is 0 Å². The van der Waals surface area contributed by atoms with E-state index >= 15 is 0 Å². The van der Waals surface area contributed by atoms with Gasteiger partial charge in [-0.05, 0) is 0 Å². The summed E-state index contributed by atoms with van der Waals surface area (Å²) in [6, 6.07) is 0. The lowest BCUT2D eigenvalue weighted by Crippen LogP contribution is -2.22. The number of rotatable bonds is 2. The number of carbonyl (C=O) groups is 1. The second kappa shape index (κ2) is 2.51. The maximum absolute atomic E-state index is 10.9. The van der Waals surface area contributed by atoms with Crippen molar-refractivity contribution in [1.82, 2.24) is 9.13 Å². The first-order chi connectivity index (χ1) is 4.75. The van der Waals surface area contributed by atoms with E-state index in [1.54, 1.807) is 19.4 Å². The van der Waals surface area contributed by atoms with Gasteiger partial charge in [-0.15, -0.1) is 0 Å². The Kier molecular flexibility index (Phi) is 1.71. The molecule has 10 heavy (non-hydrogen) atoms. The molecule has 0 atom stereocenters. The van der Waals surface area contributed by atoms with Crippen molar-refractivity contribution >= 4 is 6.29 Å². The molecule has 0 unspecified atom stereocenters. The molecule has 0 saturated carbocycles. The quantitative estimate of drug-likeness (QED) is 0.514. The number of aryl methyl sites for hydroxylation is 1. The Hall–Kier alpha value is -1.32. The van der Waals surface area contributed by atoms with Gasteiger partial charge in [-0.1, -0.05) is 0 Å². The molecule has 0 N–H and O–H groups in total. The van der Waals surface area contributed by atoms with E-state index in [0.29, 0.717) is 6.29 Å². The standard InChI is InChI=1S/C6H8N2O2/c1-7-2-3-8(4-5-9)6(7)10/h2-3,5H,4H2,1H3. The fourth-order valence-electron chi connectivity index (χ4n) is 0.730. The van der Waals surface area contributed by atoms with Crippen LogP contribution in [-0.4, -0.2) is 15.4 Å². The Morgan fingerprint density at radius 3 is 2.70 bits per heavy atom. The zero-order valence-electron chi connectivity index (χ0n) is 5.65. The van der Waals surface area contributed by atoms with Crippen LogP contribution in [0.4, 0.5) is 0 Å². The number of aldehydes is 1. The van der Waals surface area contributed by atoms with Crippen LogP contribution < -0.4 is 5.69 Å². The molecule has 1 heterocycles. The van der Waals surface area contributed by atoms with E-state index in [4.69, 9.17) is 0 Å². The normalized spacial score (nSPS) is 9.70. The van der Waals surface area contributed by atoms with E-state index < -0.39 is 0 Å². The van der Waals surface area contributed by atoms with Crippen LogP contribution in [0.15, 0.2) is 17.2 Å². The molecule has 0 aliphatic carbocycles. The average molecular weight is 140 g/mol. The van der Waals surface area contributed by atoms with Gasteiger partial charge in [0.1, 0.15) is 6.29 Å². The van der Waals surface area contributed by atoms with E-state index in [0.717, 1.165) is 0 Å². The molecule has 0 aliphatic heterocycles. The number of imidazole rings is 1. The minimum absolute atomic E-state index is 0.139. The lowest BCUT2D eigenvalue weighted by Gasteiger charge is -1.89. The first-order valence-electron chi connectivity index (χ1n) is 2.91. The molecule has 0 amide bonds. The van der Waals surface area contributed by atoms with E-state index in [2.05, 4.69) is 0 Å². The maximum Gasteiger partial charge on any atom is 0.328 e. The van der Waals surface area contributed by atoms with Crippen molar-refractivity contribution in [2.75, 3.05) is 0 Å². The van der Waals surface area contributed by atoms with Gasteiger partial charge >= 0.3 is 5.69 Å². The van der Waals surface area contributed by atoms with Gasteiger partial charge in [0.05, 0.1) is 6.54 Å². The highest BCUT2D eigenvalue weighted by molar-refractivity contribution is 5.48. The molecule has 0 spiro atoms. The third-order valence-corrected chi connectivity index (χ3v) is 1.29. The van der Waals surface area contributed by atoms with E-state index in [9.17, 15) is 9.59 Å². The smallest absolute Gasteiger partial charge is 0.302 e. The molecule has 0 saturated heterocycles. The zero-order valence-corrected chi connectivity index (χ0v) is 5.65. The fourth-order valence-corrected chi connectivity index (χ4v) is 0.730. The Labute approximate surface area is 57.7 Å². The summed E-state index contributed by atoms with van der Waals surface area (Å²) < 4.78 is 2.76. The molecule has 0 aliphatic rings. The Morgan fingerprint density at radius 2 is 2.30 bits per heavy atom. The number of nitrogens with zero attached hydrogens (tertiary/aromatic N) is 2. The number of carbonyl (C=O) groups excluding carboxylic acids is 1. The van der Waals surface area contributed by atoms with Crippen LogP contribution in [-0.2, 0) is 18.4 Å². The monoisotopic (exact) mass is 140 g/mol. The highest BCUT2D eigenvalue weighted by atomic mass is 16.2. The van der Waals surface area contributed by atoms with Gasteiger partial charge < -0.3 is 9.36 Å². The third-order valence-electron chi connectivity index (χ3n) is 1.29. The van der Waals surface area contributed by atoms with E-state index in [1.165, 1.54) is 9.13 Å². The van der Waals surface area contributed by atoms with Crippen LogP contribution >= 0.6 is 0 Å². The molecular weight excluding hydrogens is 132 g/mol. The lowest BCUT2D eigenvalue weighted by molar-refractivity contribution is -0.108.